The van der Waals surface area contributed by atoms with Gasteiger partial charge in [0.05, 0.1) is 0 Å². The average Bonchev–Trinajstić information content (AvgIpc) is 3.59. The molecule has 2 heterocycles. The first-order valence-electron chi connectivity index (χ1n) is 17.1. The summed E-state index contributed by atoms with van der Waals surface area (Å²) in [6.45, 7) is 0. The monoisotopic (exact) mass is 651 g/mol. The van der Waals surface area contributed by atoms with E-state index in [1.165, 1.54) is 27.3 Å². The predicted molar refractivity (Wildman–Crippen MR) is 209 cm³/mol. The lowest BCUT2D eigenvalue weighted by atomic mass is 9.95. The third-order valence-corrected chi connectivity index (χ3v) is 9.71. The van der Waals surface area contributed by atoms with Gasteiger partial charge in [0.15, 0.2) is 17.5 Å². The summed E-state index contributed by atoms with van der Waals surface area (Å²) in [6, 6.07) is 61.0. The van der Waals surface area contributed by atoms with Gasteiger partial charge in [0.25, 0.3) is 0 Å². The molecule has 0 N–H and O–H groups in total. The number of furan rings is 1. The van der Waals surface area contributed by atoms with Crippen molar-refractivity contribution in [3.05, 3.63) is 176 Å². The second kappa shape index (κ2) is 11.9. The second-order valence-corrected chi connectivity index (χ2v) is 12.8. The van der Waals surface area contributed by atoms with E-state index in [9.17, 15) is 0 Å². The third-order valence-electron chi connectivity index (χ3n) is 9.71. The Morgan fingerprint density at radius 2 is 0.863 bits per heavy atom. The molecule has 10 rings (SSSR count). The predicted octanol–water partition coefficient (Wildman–Crippen LogP) is 12.4. The molecule has 0 bridgehead atoms. The lowest BCUT2D eigenvalue weighted by molar-refractivity contribution is 0.669. The van der Waals surface area contributed by atoms with Gasteiger partial charge in [0.2, 0.25) is 0 Å². The summed E-state index contributed by atoms with van der Waals surface area (Å²) in [5.74, 6) is 1.83. The van der Waals surface area contributed by atoms with Crippen molar-refractivity contribution < 1.29 is 4.42 Å². The van der Waals surface area contributed by atoms with Crippen LogP contribution in [0.25, 0.3) is 99.9 Å². The smallest absolute Gasteiger partial charge is 0.164 e. The van der Waals surface area contributed by atoms with E-state index in [4.69, 9.17) is 19.4 Å². The van der Waals surface area contributed by atoms with Crippen LogP contribution < -0.4 is 0 Å². The largest absolute Gasteiger partial charge is 0.456 e. The fourth-order valence-electron chi connectivity index (χ4n) is 7.28. The molecule has 2 aromatic heterocycles. The molecule has 0 aliphatic carbocycles. The highest BCUT2D eigenvalue weighted by Crippen LogP contribution is 2.41. The van der Waals surface area contributed by atoms with Crippen LogP contribution in [0.5, 0.6) is 0 Å². The normalized spacial score (nSPS) is 11.5. The molecule has 238 valence electrons. The van der Waals surface area contributed by atoms with Crippen LogP contribution in [0.1, 0.15) is 0 Å². The third kappa shape index (κ3) is 5.04. The molecule has 0 unspecified atom stereocenters. The van der Waals surface area contributed by atoms with Crippen molar-refractivity contribution in [3.8, 4) is 56.4 Å². The minimum absolute atomic E-state index is 0.592. The van der Waals surface area contributed by atoms with Crippen LogP contribution in [0.4, 0.5) is 0 Å². The van der Waals surface area contributed by atoms with Gasteiger partial charge in [-0.25, -0.2) is 15.0 Å². The van der Waals surface area contributed by atoms with Crippen molar-refractivity contribution in [2.45, 2.75) is 0 Å². The van der Waals surface area contributed by atoms with E-state index >= 15 is 0 Å². The van der Waals surface area contributed by atoms with Crippen LogP contribution in [0.15, 0.2) is 180 Å². The number of hydrogen-bond acceptors (Lipinski definition) is 4. The Balaban J connectivity index is 1.14. The van der Waals surface area contributed by atoms with E-state index in [1.807, 2.05) is 42.5 Å². The minimum atomic E-state index is 0.592. The van der Waals surface area contributed by atoms with Crippen LogP contribution in [0.2, 0.25) is 0 Å². The number of benzene rings is 8. The van der Waals surface area contributed by atoms with E-state index < -0.39 is 0 Å². The van der Waals surface area contributed by atoms with Crippen LogP contribution >= 0.6 is 0 Å². The first-order valence-corrected chi connectivity index (χ1v) is 17.1. The molecule has 8 aromatic carbocycles. The molecule has 51 heavy (non-hydrogen) atoms. The molecule has 0 atom stereocenters. The fraction of sp³-hybridized carbons (Fsp3) is 0. The minimum Gasteiger partial charge on any atom is -0.456 e. The average molecular weight is 652 g/mol. The summed E-state index contributed by atoms with van der Waals surface area (Å²) in [5.41, 5.74) is 9.07. The fourth-order valence-corrected chi connectivity index (χ4v) is 7.28. The van der Waals surface area contributed by atoms with Crippen LogP contribution in [0.3, 0.4) is 0 Å². The van der Waals surface area contributed by atoms with E-state index in [-0.39, 0.29) is 0 Å². The van der Waals surface area contributed by atoms with Crippen molar-refractivity contribution >= 4 is 43.5 Å². The maximum absolute atomic E-state index is 6.64. The molecular formula is C47H29N3O. The summed E-state index contributed by atoms with van der Waals surface area (Å²) in [7, 11) is 0. The van der Waals surface area contributed by atoms with Gasteiger partial charge in [-0.1, -0.05) is 152 Å². The SMILES string of the molecule is c1ccc(-c2nc(-c3ccc4c(-c5ccccc5)cccc4c3)nc(-c3ccc4c(c3)oc3cc(-c5ccccc5)c5ccccc5c34)n2)cc1. The van der Waals surface area contributed by atoms with Crippen molar-refractivity contribution in [2.24, 2.45) is 0 Å². The van der Waals surface area contributed by atoms with Gasteiger partial charge >= 0.3 is 0 Å². The molecule has 4 heteroatoms. The van der Waals surface area contributed by atoms with E-state index in [0.29, 0.717) is 17.5 Å². The number of nitrogens with zero attached hydrogens (tertiary/aromatic N) is 3. The molecule has 0 radical (unpaired) electrons. The molecule has 10 aromatic rings. The quantitative estimate of drug-likeness (QED) is 0.186. The first kappa shape index (κ1) is 29.0. The standard InChI is InChI=1S/C47H29N3O/c1-4-13-30(14-5-1)36-22-12-19-33-27-34(23-25-37(33)36)46-48-45(32-17-8-3-9-18-32)49-47(50-46)35-24-26-40-42(28-35)51-43-29-41(31-15-6-2-7-16-31)38-20-10-11-21-39(38)44(40)43/h1-29H. The number of rotatable bonds is 5. The molecule has 0 fully saturated rings. The van der Waals surface area contributed by atoms with Crippen molar-refractivity contribution in [1.29, 1.82) is 0 Å². The Morgan fingerprint density at radius 1 is 0.314 bits per heavy atom. The van der Waals surface area contributed by atoms with Gasteiger partial charge in [-0.15, -0.1) is 0 Å². The Morgan fingerprint density at radius 3 is 1.55 bits per heavy atom. The van der Waals surface area contributed by atoms with Gasteiger partial charge in [0, 0.05) is 27.5 Å². The molecule has 4 nitrogen and oxygen atoms in total. The maximum Gasteiger partial charge on any atom is 0.164 e. The molecule has 0 spiro atoms. The second-order valence-electron chi connectivity index (χ2n) is 12.8. The molecule has 0 amide bonds. The van der Waals surface area contributed by atoms with Crippen molar-refractivity contribution in [3.63, 3.8) is 0 Å². The Hall–Kier alpha value is -6.91. The molecule has 0 saturated carbocycles. The molecular weight excluding hydrogens is 623 g/mol. The van der Waals surface area contributed by atoms with Gasteiger partial charge in [0.1, 0.15) is 11.2 Å². The first-order chi connectivity index (χ1) is 25.3. The number of hydrogen-bond donors (Lipinski definition) is 0. The summed E-state index contributed by atoms with van der Waals surface area (Å²) in [5, 5.41) is 6.85. The number of fused-ring (bicyclic) bond motifs is 6. The van der Waals surface area contributed by atoms with Gasteiger partial charge < -0.3 is 4.42 Å². The van der Waals surface area contributed by atoms with E-state index in [0.717, 1.165) is 55.1 Å². The summed E-state index contributed by atoms with van der Waals surface area (Å²) < 4.78 is 6.64. The summed E-state index contributed by atoms with van der Waals surface area (Å²) in [4.78, 5) is 15.1. The molecule has 0 saturated heterocycles. The lowest BCUT2D eigenvalue weighted by Crippen LogP contribution is -2.00. The lowest BCUT2D eigenvalue weighted by Gasteiger charge is -2.11. The van der Waals surface area contributed by atoms with E-state index in [2.05, 4.69) is 133 Å². The maximum atomic E-state index is 6.64. The highest BCUT2D eigenvalue weighted by Gasteiger charge is 2.18. The molecule has 0 aliphatic heterocycles. The highest BCUT2D eigenvalue weighted by molar-refractivity contribution is 6.22. The van der Waals surface area contributed by atoms with Crippen LogP contribution in [0, 0.1) is 0 Å². The molecule has 0 aliphatic rings. The van der Waals surface area contributed by atoms with Crippen molar-refractivity contribution in [1.82, 2.24) is 15.0 Å². The zero-order valence-electron chi connectivity index (χ0n) is 27.5. The van der Waals surface area contributed by atoms with Gasteiger partial charge in [-0.3, -0.25) is 0 Å². The van der Waals surface area contributed by atoms with Gasteiger partial charge in [-0.2, -0.15) is 0 Å². The van der Waals surface area contributed by atoms with E-state index in [1.54, 1.807) is 0 Å². The Kier molecular flexibility index (Phi) is 6.78. The van der Waals surface area contributed by atoms with Crippen LogP contribution in [-0.2, 0) is 0 Å². The number of aromatic nitrogens is 3. The summed E-state index contributed by atoms with van der Waals surface area (Å²) >= 11 is 0. The van der Waals surface area contributed by atoms with Crippen LogP contribution in [-0.4, -0.2) is 15.0 Å². The zero-order valence-corrected chi connectivity index (χ0v) is 27.5. The topological polar surface area (TPSA) is 51.8 Å². The van der Waals surface area contributed by atoms with Crippen molar-refractivity contribution in [2.75, 3.05) is 0 Å². The Bertz CT molecular complexity index is 2900. The Labute approximate surface area is 294 Å². The zero-order chi connectivity index (χ0) is 33.7. The summed E-state index contributed by atoms with van der Waals surface area (Å²) in [6.07, 6.45) is 0. The highest BCUT2D eigenvalue weighted by atomic mass is 16.3. The van der Waals surface area contributed by atoms with Gasteiger partial charge in [-0.05, 0) is 68.1 Å².